The van der Waals surface area contributed by atoms with Gasteiger partial charge in [0.05, 0.1) is 4.90 Å². The van der Waals surface area contributed by atoms with Crippen molar-refractivity contribution in [2.24, 2.45) is 0 Å². The van der Waals surface area contributed by atoms with Crippen molar-refractivity contribution in [3.05, 3.63) is 65.7 Å². The molecule has 0 aromatic heterocycles. The minimum absolute atomic E-state index is 0.0863. The lowest BCUT2D eigenvalue weighted by Gasteiger charge is -2.19. The normalized spacial score (nSPS) is 14.8. The van der Waals surface area contributed by atoms with Crippen LogP contribution in [0.5, 0.6) is 0 Å². The first-order valence-electron chi connectivity index (χ1n) is 9.64. The molecule has 0 saturated heterocycles. The van der Waals surface area contributed by atoms with Gasteiger partial charge in [-0.05, 0) is 42.7 Å². The topological polar surface area (TPSA) is 104 Å². The molecule has 2 aromatic carbocycles. The van der Waals surface area contributed by atoms with Crippen molar-refractivity contribution in [3.8, 4) is 0 Å². The Labute approximate surface area is 171 Å². The number of carbonyl (C=O) groups is 2. The molecule has 0 radical (unpaired) electrons. The Morgan fingerprint density at radius 3 is 2.28 bits per heavy atom. The number of benzene rings is 2. The number of rotatable bonds is 9. The van der Waals surface area contributed by atoms with E-state index in [4.69, 9.17) is 0 Å². The third-order valence-electron chi connectivity index (χ3n) is 4.59. The molecule has 0 aliphatic heterocycles. The van der Waals surface area contributed by atoms with Gasteiger partial charge in [-0.1, -0.05) is 37.3 Å². The SMILES string of the molecule is CCNS(=O)(=O)c1ccc(C(=O)NC(Cc2ccccc2)C(=O)NC2CC2)cc1. The van der Waals surface area contributed by atoms with Crippen molar-refractivity contribution in [1.82, 2.24) is 15.4 Å². The molecule has 1 aliphatic carbocycles. The highest BCUT2D eigenvalue weighted by molar-refractivity contribution is 7.89. The number of amides is 2. The monoisotopic (exact) mass is 415 g/mol. The van der Waals surface area contributed by atoms with Gasteiger partial charge < -0.3 is 10.6 Å². The molecule has 1 fully saturated rings. The maximum Gasteiger partial charge on any atom is 0.251 e. The predicted octanol–water partition coefficient (Wildman–Crippen LogP) is 1.60. The lowest BCUT2D eigenvalue weighted by molar-refractivity contribution is -0.123. The van der Waals surface area contributed by atoms with Crippen LogP contribution in [0.1, 0.15) is 35.7 Å². The van der Waals surface area contributed by atoms with Gasteiger partial charge in [0.25, 0.3) is 5.91 Å². The van der Waals surface area contributed by atoms with Gasteiger partial charge in [-0.25, -0.2) is 13.1 Å². The molecule has 2 aromatic rings. The van der Waals surface area contributed by atoms with Gasteiger partial charge in [-0.15, -0.1) is 0 Å². The zero-order valence-electron chi connectivity index (χ0n) is 16.2. The Kier molecular flexibility index (Phi) is 6.66. The number of hydrogen-bond donors (Lipinski definition) is 3. The fraction of sp³-hybridized carbons (Fsp3) is 0.333. The quantitative estimate of drug-likeness (QED) is 0.579. The zero-order chi connectivity index (χ0) is 20.9. The van der Waals surface area contributed by atoms with Gasteiger partial charge in [-0.2, -0.15) is 0 Å². The molecule has 3 N–H and O–H groups in total. The molecule has 0 bridgehead atoms. The Hall–Kier alpha value is -2.71. The van der Waals surface area contributed by atoms with Crippen LogP contribution >= 0.6 is 0 Å². The maximum atomic E-state index is 12.7. The first kappa shape index (κ1) is 21.0. The van der Waals surface area contributed by atoms with Crippen LogP contribution in [0.2, 0.25) is 0 Å². The average Bonchev–Trinajstić information content (AvgIpc) is 3.52. The van der Waals surface area contributed by atoms with Gasteiger partial charge in [0.2, 0.25) is 15.9 Å². The Morgan fingerprint density at radius 2 is 1.69 bits per heavy atom. The van der Waals surface area contributed by atoms with Crippen LogP contribution in [-0.4, -0.2) is 38.9 Å². The Bertz CT molecular complexity index is 955. The van der Waals surface area contributed by atoms with E-state index >= 15 is 0 Å². The summed E-state index contributed by atoms with van der Waals surface area (Å²) >= 11 is 0. The summed E-state index contributed by atoms with van der Waals surface area (Å²) in [5, 5.41) is 5.71. The average molecular weight is 416 g/mol. The Balaban J connectivity index is 1.72. The second kappa shape index (κ2) is 9.19. The number of hydrogen-bond acceptors (Lipinski definition) is 4. The van der Waals surface area contributed by atoms with Crippen LogP contribution in [-0.2, 0) is 21.2 Å². The summed E-state index contributed by atoms with van der Waals surface area (Å²) in [4.78, 5) is 25.4. The van der Waals surface area contributed by atoms with Gasteiger partial charge >= 0.3 is 0 Å². The molecule has 1 saturated carbocycles. The summed E-state index contributed by atoms with van der Waals surface area (Å²) in [7, 11) is -3.58. The molecular weight excluding hydrogens is 390 g/mol. The van der Waals surface area contributed by atoms with Crippen molar-refractivity contribution in [3.63, 3.8) is 0 Å². The summed E-state index contributed by atoms with van der Waals surface area (Å²) in [6.45, 7) is 1.97. The molecule has 1 unspecified atom stereocenters. The molecule has 3 rings (SSSR count). The van der Waals surface area contributed by atoms with Crippen molar-refractivity contribution in [2.75, 3.05) is 6.54 Å². The van der Waals surface area contributed by atoms with E-state index in [1.54, 1.807) is 6.92 Å². The highest BCUT2D eigenvalue weighted by atomic mass is 32.2. The largest absolute Gasteiger partial charge is 0.352 e. The Morgan fingerprint density at radius 1 is 1.03 bits per heavy atom. The molecule has 29 heavy (non-hydrogen) atoms. The second-order valence-corrected chi connectivity index (χ2v) is 8.79. The molecule has 0 spiro atoms. The molecule has 2 amide bonds. The minimum Gasteiger partial charge on any atom is -0.352 e. The molecule has 8 heteroatoms. The lowest BCUT2D eigenvalue weighted by Crippen LogP contribution is -2.48. The summed E-state index contributed by atoms with van der Waals surface area (Å²) in [5.74, 6) is -0.639. The van der Waals surface area contributed by atoms with Crippen LogP contribution in [0.15, 0.2) is 59.5 Å². The van der Waals surface area contributed by atoms with Crippen molar-refractivity contribution < 1.29 is 18.0 Å². The van der Waals surface area contributed by atoms with E-state index in [1.807, 2.05) is 30.3 Å². The van der Waals surface area contributed by atoms with Gasteiger partial charge in [0.1, 0.15) is 6.04 Å². The van der Waals surface area contributed by atoms with E-state index < -0.39 is 22.0 Å². The minimum atomic E-state index is -3.58. The molecule has 1 aliphatic rings. The summed E-state index contributed by atoms with van der Waals surface area (Å²) in [5.41, 5.74) is 1.23. The summed E-state index contributed by atoms with van der Waals surface area (Å²) in [6.07, 6.45) is 2.29. The standard InChI is InChI=1S/C21H25N3O4S/c1-2-22-29(27,28)18-12-8-16(9-13-18)20(25)24-19(21(26)23-17-10-11-17)14-15-6-4-3-5-7-15/h3-9,12-13,17,19,22H,2,10-11,14H2,1H3,(H,23,26)(H,24,25). The predicted molar refractivity (Wildman–Crippen MR) is 110 cm³/mol. The van der Waals surface area contributed by atoms with Gasteiger partial charge in [-0.3, -0.25) is 9.59 Å². The maximum absolute atomic E-state index is 12.7. The summed E-state index contributed by atoms with van der Waals surface area (Å²) in [6, 6.07) is 14.6. The zero-order valence-corrected chi connectivity index (χ0v) is 17.0. The smallest absolute Gasteiger partial charge is 0.251 e. The highest BCUT2D eigenvalue weighted by Crippen LogP contribution is 2.19. The molecule has 0 heterocycles. The fourth-order valence-electron chi connectivity index (χ4n) is 2.89. The molecule has 1 atom stereocenters. The lowest BCUT2D eigenvalue weighted by atomic mass is 10.0. The van der Waals surface area contributed by atoms with Crippen LogP contribution in [0, 0.1) is 0 Å². The first-order chi connectivity index (χ1) is 13.9. The van der Waals surface area contributed by atoms with Crippen LogP contribution in [0.3, 0.4) is 0 Å². The highest BCUT2D eigenvalue weighted by Gasteiger charge is 2.28. The third-order valence-corrected chi connectivity index (χ3v) is 6.15. The van der Waals surface area contributed by atoms with E-state index in [9.17, 15) is 18.0 Å². The molecule has 154 valence electrons. The number of sulfonamides is 1. The van der Waals surface area contributed by atoms with Crippen LogP contribution in [0.4, 0.5) is 0 Å². The second-order valence-electron chi connectivity index (χ2n) is 7.02. The van der Waals surface area contributed by atoms with E-state index in [1.165, 1.54) is 24.3 Å². The van der Waals surface area contributed by atoms with Gasteiger partial charge in [0.15, 0.2) is 0 Å². The number of nitrogens with one attached hydrogen (secondary N) is 3. The fourth-order valence-corrected chi connectivity index (χ4v) is 3.93. The van der Waals surface area contributed by atoms with Crippen LogP contribution < -0.4 is 15.4 Å². The number of carbonyl (C=O) groups excluding carboxylic acids is 2. The summed E-state index contributed by atoms with van der Waals surface area (Å²) < 4.78 is 26.5. The van der Waals surface area contributed by atoms with E-state index in [0.29, 0.717) is 6.42 Å². The third kappa shape index (κ3) is 5.88. The van der Waals surface area contributed by atoms with E-state index in [2.05, 4.69) is 15.4 Å². The molecule has 7 nitrogen and oxygen atoms in total. The van der Waals surface area contributed by atoms with Crippen molar-refractivity contribution in [2.45, 2.75) is 43.2 Å². The first-order valence-corrected chi connectivity index (χ1v) is 11.1. The van der Waals surface area contributed by atoms with Crippen molar-refractivity contribution in [1.29, 1.82) is 0 Å². The van der Waals surface area contributed by atoms with Gasteiger partial charge in [0, 0.05) is 24.6 Å². The molecular formula is C21H25N3O4S. The van der Waals surface area contributed by atoms with E-state index in [-0.39, 0.29) is 29.0 Å². The van der Waals surface area contributed by atoms with Crippen molar-refractivity contribution >= 4 is 21.8 Å². The van der Waals surface area contributed by atoms with E-state index in [0.717, 1.165) is 18.4 Å². The van der Waals surface area contributed by atoms with Crippen LogP contribution in [0.25, 0.3) is 0 Å².